The Morgan fingerprint density at radius 2 is 2.08 bits per heavy atom. The Bertz CT molecular complexity index is 977. The Morgan fingerprint density at radius 1 is 1.31 bits per heavy atom. The van der Waals surface area contributed by atoms with Crippen LogP contribution in [0, 0.1) is 11.3 Å². The molecular weight excluding hydrogens is 370 g/mol. The number of carbonyl (C=O) groups is 1. The van der Waals surface area contributed by atoms with Gasteiger partial charge in [-0.2, -0.15) is 5.26 Å². The van der Waals surface area contributed by atoms with Crippen molar-refractivity contribution in [3.63, 3.8) is 0 Å². The van der Waals surface area contributed by atoms with E-state index in [1.54, 1.807) is 17.5 Å². The maximum absolute atomic E-state index is 12.4. The quantitative estimate of drug-likeness (QED) is 0.673. The number of ether oxygens (including phenoxy) is 1. The Labute approximate surface area is 159 Å². The summed E-state index contributed by atoms with van der Waals surface area (Å²) in [6.07, 6.45) is 0. The molecule has 3 rings (SSSR count). The fourth-order valence-corrected chi connectivity index (χ4v) is 3.28. The van der Waals surface area contributed by atoms with E-state index in [1.165, 1.54) is 17.4 Å². The van der Waals surface area contributed by atoms with E-state index in [1.807, 2.05) is 37.3 Å². The lowest BCUT2D eigenvalue weighted by Crippen LogP contribution is -2.12. The highest BCUT2D eigenvalue weighted by molar-refractivity contribution is 7.13. The summed E-state index contributed by atoms with van der Waals surface area (Å²) in [5.41, 5.74) is 2.10. The fourth-order valence-electron chi connectivity index (χ4n) is 2.25. The molecule has 0 unspecified atom stereocenters. The number of anilines is 1. The van der Waals surface area contributed by atoms with Crippen molar-refractivity contribution in [3.05, 3.63) is 64.1 Å². The summed E-state index contributed by atoms with van der Waals surface area (Å²) in [5.74, 6) is 0.461. The van der Waals surface area contributed by atoms with Gasteiger partial charge in [-0.3, -0.25) is 4.79 Å². The van der Waals surface area contributed by atoms with E-state index in [2.05, 4.69) is 10.3 Å². The number of nitriles is 1. The molecule has 130 valence electrons. The molecule has 0 atom stereocenters. The highest BCUT2D eigenvalue weighted by atomic mass is 35.5. The van der Waals surface area contributed by atoms with Crippen LogP contribution in [0.25, 0.3) is 10.6 Å². The van der Waals surface area contributed by atoms with Crippen molar-refractivity contribution in [1.82, 2.24) is 4.98 Å². The van der Waals surface area contributed by atoms with Crippen LogP contribution in [0.5, 0.6) is 5.75 Å². The number of halogens is 1. The second-order valence-electron chi connectivity index (χ2n) is 5.26. The van der Waals surface area contributed by atoms with Crippen LogP contribution in [0.4, 0.5) is 5.69 Å². The zero-order valence-electron chi connectivity index (χ0n) is 13.8. The average molecular weight is 384 g/mol. The number of carbonyl (C=O) groups excluding carboxylic acids is 1. The van der Waals surface area contributed by atoms with Gasteiger partial charge in [0, 0.05) is 16.6 Å². The first-order valence-corrected chi connectivity index (χ1v) is 9.06. The number of thiazole rings is 1. The van der Waals surface area contributed by atoms with Crippen molar-refractivity contribution < 1.29 is 9.53 Å². The summed E-state index contributed by atoms with van der Waals surface area (Å²) < 4.78 is 5.42. The highest BCUT2D eigenvalue weighted by Crippen LogP contribution is 2.26. The minimum Gasteiger partial charge on any atom is -0.494 e. The van der Waals surface area contributed by atoms with Gasteiger partial charge in [0.25, 0.3) is 5.91 Å². The number of nitrogens with one attached hydrogen (secondary N) is 1. The van der Waals surface area contributed by atoms with Crippen LogP contribution in [-0.2, 0) is 0 Å². The molecule has 1 aromatic heterocycles. The summed E-state index contributed by atoms with van der Waals surface area (Å²) in [7, 11) is 0. The van der Waals surface area contributed by atoms with Crippen LogP contribution >= 0.6 is 22.9 Å². The molecule has 0 aliphatic heterocycles. The number of amides is 1. The largest absolute Gasteiger partial charge is 0.494 e. The molecule has 0 bridgehead atoms. The fraction of sp³-hybridized carbons (Fsp3) is 0.105. The van der Waals surface area contributed by atoms with Crippen LogP contribution in [0.2, 0.25) is 5.02 Å². The van der Waals surface area contributed by atoms with E-state index in [0.717, 1.165) is 16.3 Å². The van der Waals surface area contributed by atoms with Crippen LogP contribution in [-0.4, -0.2) is 17.5 Å². The van der Waals surface area contributed by atoms with Crippen molar-refractivity contribution in [1.29, 1.82) is 5.26 Å². The Hall–Kier alpha value is -2.88. The second kappa shape index (κ2) is 8.00. The number of benzene rings is 2. The van der Waals surface area contributed by atoms with Crippen LogP contribution in [0.15, 0.2) is 47.8 Å². The summed E-state index contributed by atoms with van der Waals surface area (Å²) in [6.45, 7) is 2.54. The van der Waals surface area contributed by atoms with Crippen molar-refractivity contribution in [2.75, 3.05) is 11.9 Å². The van der Waals surface area contributed by atoms with Crippen LogP contribution in [0.3, 0.4) is 0 Å². The van der Waals surface area contributed by atoms with E-state index in [4.69, 9.17) is 21.6 Å². The standard InChI is InChI=1S/C19H14ClN3O2S/c1-2-25-15-7-4-12(5-8-15)19-23-17(11-26-19)18(24)22-14-6-3-13(10-21)16(20)9-14/h3-9,11H,2H2,1H3,(H,22,24). The lowest BCUT2D eigenvalue weighted by Gasteiger charge is -2.04. The van der Waals surface area contributed by atoms with E-state index in [0.29, 0.717) is 28.6 Å². The molecule has 1 N–H and O–H groups in total. The lowest BCUT2D eigenvalue weighted by molar-refractivity contribution is 0.102. The first kappa shape index (κ1) is 17.9. The summed E-state index contributed by atoms with van der Waals surface area (Å²) in [5, 5.41) is 14.4. The highest BCUT2D eigenvalue weighted by Gasteiger charge is 2.13. The molecule has 7 heteroatoms. The topological polar surface area (TPSA) is 75.0 Å². The van der Waals surface area contributed by atoms with Crippen molar-refractivity contribution >= 4 is 34.5 Å². The third-order valence-corrected chi connectivity index (χ3v) is 4.70. The summed E-state index contributed by atoms with van der Waals surface area (Å²) >= 11 is 7.37. The Balaban J connectivity index is 1.73. The monoisotopic (exact) mass is 383 g/mol. The van der Waals surface area contributed by atoms with Gasteiger partial charge >= 0.3 is 0 Å². The van der Waals surface area contributed by atoms with Gasteiger partial charge < -0.3 is 10.1 Å². The normalized spacial score (nSPS) is 10.2. The second-order valence-corrected chi connectivity index (χ2v) is 6.52. The molecule has 0 aliphatic carbocycles. The van der Waals surface area contributed by atoms with Gasteiger partial charge in [0.2, 0.25) is 0 Å². The molecule has 0 saturated carbocycles. The molecule has 0 aliphatic rings. The predicted octanol–water partition coefficient (Wildman–Crippen LogP) is 4.99. The zero-order valence-corrected chi connectivity index (χ0v) is 15.4. The molecule has 2 aromatic carbocycles. The maximum Gasteiger partial charge on any atom is 0.275 e. The minimum absolute atomic E-state index is 0.290. The summed E-state index contributed by atoms with van der Waals surface area (Å²) in [4.78, 5) is 16.8. The van der Waals surface area contributed by atoms with Crippen molar-refractivity contribution in [2.24, 2.45) is 0 Å². The molecule has 0 saturated heterocycles. The van der Waals surface area contributed by atoms with Gasteiger partial charge in [-0.05, 0) is 49.4 Å². The van der Waals surface area contributed by atoms with Crippen molar-refractivity contribution in [2.45, 2.75) is 6.92 Å². The van der Waals surface area contributed by atoms with Gasteiger partial charge in [-0.1, -0.05) is 11.6 Å². The maximum atomic E-state index is 12.4. The zero-order chi connectivity index (χ0) is 18.5. The summed E-state index contributed by atoms with van der Waals surface area (Å²) in [6, 6.07) is 14.3. The Kier molecular flexibility index (Phi) is 5.52. The lowest BCUT2D eigenvalue weighted by atomic mass is 10.2. The van der Waals surface area contributed by atoms with Gasteiger partial charge in [-0.25, -0.2) is 4.98 Å². The third-order valence-electron chi connectivity index (χ3n) is 3.50. The molecule has 1 heterocycles. The average Bonchev–Trinajstić information content (AvgIpc) is 3.13. The van der Waals surface area contributed by atoms with Gasteiger partial charge in [0.05, 0.1) is 17.2 Å². The van der Waals surface area contributed by atoms with Crippen LogP contribution in [0.1, 0.15) is 23.0 Å². The third kappa shape index (κ3) is 4.02. The molecule has 3 aromatic rings. The molecule has 1 amide bonds. The minimum atomic E-state index is -0.334. The van der Waals surface area contributed by atoms with Gasteiger partial charge in [0.15, 0.2) is 0 Å². The first-order valence-electron chi connectivity index (χ1n) is 7.80. The number of hydrogen-bond donors (Lipinski definition) is 1. The molecule has 0 fully saturated rings. The number of hydrogen-bond acceptors (Lipinski definition) is 5. The number of rotatable bonds is 5. The Morgan fingerprint density at radius 3 is 2.73 bits per heavy atom. The molecule has 26 heavy (non-hydrogen) atoms. The van der Waals surface area contributed by atoms with E-state index in [9.17, 15) is 4.79 Å². The molecule has 0 spiro atoms. The van der Waals surface area contributed by atoms with E-state index >= 15 is 0 Å². The number of nitrogens with zero attached hydrogens (tertiary/aromatic N) is 2. The molecular formula is C19H14ClN3O2S. The van der Waals surface area contributed by atoms with Crippen LogP contribution < -0.4 is 10.1 Å². The molecule has 0 radical (unpaired) electrons. The number of aromatic nitrogens is 1. The van der Waals surface area contributed by atoms with E-state index in [-0.39, 0.29) is 5.91 Å². The SMILES string of the molecule is CCOc1ccc(-c2nc(C(=O)Nc3ccc(C#N)c(Cl)c3)cs2)cc1. The predicted molar refractivity (Wildman–Crippen MR) is 103 cm³/mol. The first-order chi connectivity index (χ1) is 12.6. The van der Waals surface area contributed by atoms with E-state index < -0.39 is 0 Å². The molecule has 5 nitrogen and oxygen atoms in total. The van der Waals surface area contributed by atoms with Gasteiger partial charge in [-0.15, -0.1) is 11.3 Å². The van der Waals surface area contributed by atoms with Gasteiger partial charge in [0.1, 0.15) is 22.5 Å². The van der Waals surface area contributed by atoms with Crippen molar-refractivity contribution in [3.8, 4) is 22.4 Å². The smallest absolute Gasteiger partial charge is 0.275 e.